The molecule has 1 aliphatic rings. The molecule has 6 nitrogen and oxygen atoms in total. The zero-order chi connectivity index (χ0) is 14.5. The highest BCUT2D eigenvalue weighted by atomic mass is 32.2. The van der Waals surface area contributed by atoms with Crippen LogP contribution in [0.3, 0.4) is 0 Å². The number of nitrogens with zero attached hydrogens (tertiary/aromatic N) is 2. The topological polar surface area (TPSA) is 75.5 Å². The number of nitrogens with one attached hydrogen (secondary N) is 1. The molecule has 20 heavy (non-hydrogen) atoms. The van der Waals surface area contributed by atoms with Crippen molar-refractivity contribution in [3.8, 4) is 0 Å². The quantitative estimate of drug-likeness (QED) is 0.660. The van der Waals surface area contributed by atoms with E-state index in [9.17, 15) is 14.3 Å². The molecule has 0 unspecified atom stereocenters. The van der Waals surface area contributed by atoms with Crippen molar-refractivity contribution in [1.82, 2.24) is 4.90 Å². The van der Waals surface area contributed by atoms with Gasteiger partial charge in [0.2, 0.25) is 0 Å². The van der Waals surface area contributed by atoms with Crippen LogP contribution < -0.4 is 5.32 Å². The Bertz CT molecular complexity index is 512. The highest BCUT2D eigenvalue weighted by Gasteiger charge is 2.20. The van der Waals surface area contributed by atoms with Gasteiger partial charge in [-0.2, -0.15) is 0 Å². The van der Waals surface area contributed by atoms with Crippen molar-refractivity contribution >= 4 is 22.2 Å². The van der Waals surface area contributed by atoms with E-state index in [0.717, 1.165) is 18.7 Å². The molecular formula is C13H19N3O3S. The van der Waals surface area contributed by atoms with E-state index >= 15 is 0 Å². The normalized spacial score (nSPS) is 17.1. The Hall–Kier alpha value is -1.47. The molecule has 2 rings (SSSR count). The Morgan fingerprint density at radius 3 is 2.70 bits per heavy atom. The van der Waals surface area contributed by atoms with Crippen LogP contribution in [0.25, 0.3) is 0 Å². The third-order valence-corrected chi connectivity index (χ3v) is 4.62. The fraction of sp³-hybridized carbons (Fsp3) is 0.538. The van der Waals surface area contributed by atoms with Gasteiger partial charge in [0.05, 0.1) is 4.92 Å². The number of para-hydroxylation sites is 1. The smallest absolute Gasteiger partial charge is 0.292 e. The first-order chi connectivity index (χ1) is 9.61. The van der Waals surface area contributed by atoms with Crippen LogP contribution in [0.15, 0.2) is 18.2 Å². The molecule has 1 aliphatic heterocycles. The number of nitro groups is 1. The van der Waals surface area contributed by atoms with Crippen molar-refractivity contribution in [2.45, 2.75) is 13.5 Å². The average molecular weight is 297 g/mol. The van der Waals surface area contributed by atoms with E-state index in [2.05, 4.69) is 10.2 Å². The van der Waals surface area contributed by atoms with Crippen LogP contribution in [0.2, 0.25) is 0 Å². The maximum atomic E-state index is 11.4. The molecule has 0 bridgehead atoms. The van der Waals surface area contributed by atoms with E-state index < -0.39 is 10.8 Å². The molecule has 7 heteroatoms. The van der Waals surface area contributed by atoms with Gasteiger partial charge in [-0.15, -0.1) is 0 Å². The van der Waals surface area contributed by atoms with Crippen molar-refractivity contribution in [2.24, 2.45) is 0 Å². The minimum Gasteiger partial charge on any atom is -0.380 e. The van der Waals surface area contributed by atoms with E-state index in [1.54, 1.807) is 6.07 Å². The first kappa shape index (κ1) is 14.9. The zero-order valence-electron chi connectivity index (χ0n) is 11.5. The lowest BCUT2D eigenvalue weighted by molar-refractivity contribution is -0.384. The molecule has 0 radical (unpaired) electrons. The number of anilines is 1. The van der Waals surface area contributed by atoms with Gasteiger partial charge >= 0.3 is 0 Å². The van der Waals surface area contributed by atoms with Crippen LogP contribution in [0.4, 0.5) is 11.4 Å². The second-order valence-corrected chi connectivity index (χ2v) is 6.42. The predicted molar refractivity (Wildman–Crippen MR) is 80.4 cm³/mol. The third kappa shape index (κ3) is 3.55. The fourth-order valence-corrected chi connectivity index (χ4v) is 3.45. The van der Waals surface area contributed by atoms with Crippen molar-refractivity contribution in [3.63, 3.8) is 0 Å². The minimum absolute atomic E-state index is 0.116. The minimum atomic E-state index is -0.705. The lowest BCUT2D eigenvalue weighted by Gasteiger charge is -2.26. The highest BCUT2D eigenvalue weighted by Crippen LogP contribution is 2.29. The summed E-state index contributed by atoms with van der Waals surface area (Å²) in [5, 5.41) is 14.2. The Balaban J connectivity index is 2.19. The van der Waals surface area contributed by atoms with E-state index in [0.29, 0.717) is 30.3 Å². The van der Waals surface area contributed by atoms with Gasteiger partial charge < -0.3 is 5.32 Å². The summed E-state index contributed by atoms with van der Waals surface area (Å²) in [6.07, 6.45) is 0. The summed E-state index contributed by atoms with van der Waals surface area (Å²) >= 11 is 0. The highest BCUT2D eigenvalue weighted by molar-refractivity contribution is 7.85. The molecule has 110 valence electrons. The zero-order valence-corrected chi connectivity index (χ0v) is 12.3. The SMILES string of the molecule is CCNc1c(CN2CCS(=O)CC2)cccc1[N+](=O)[O-]. The van der Waals surface area contributed by atoms with Crippen LogP contribution in [-0.4, -0.2) is 45.2 Å². The molecule has 1 aromatic rings. The van der Waals surface area contributed by atoms with Gasteiger partial charge in [0.15, 0.2) is 0 Å². The molecule has 1 aromatic carbocycles. The largest absolute Gasteiger partial charge is 0.380 e. The number of nitro benzene ring substituents is 1. The molecule has 0 spiro atoms. The second kappa shape index (κ2) is 6.81. The molecule has 0 atom stereocenters. The van der Waals surface area contributed by atoms with Crippen molar-refractivity contribution in [2.75, 3.05) is 36.5 Å². The Labute approximate surface area is 120 Å². The van der Waals surface area contributed by atoms with E-state index in [1.807, 2.05) is 13.0 Å². The molecule has 1 fully saturated rings. The number of hydrogen-bond donors (Lipinski definition) is 1. The lowest BCUT2D eigenvalue weighted by Crippen LogP contribution is -2.37. The van der Waals surface area contributed by atoms with Gasteiger partial charge in [-0.3, -0.25) is 19.2 Å². The van der Waals surface area contributed by atoms with Crippen LogP contribution in [0.5, 0.6) is 0 Å². The fourth-order valence-electron chi connectivity index (χ4n) is 2.33. The lowest BCUT2D eigenvalue weighted by atomic mass is 10.1. The Kier molecular flexibility index (Phi) is 5.08. The van der Waals surface area contributed by atoms with Gasteiger partial charge in [-0.05, 0) is 12.5 Å². The van der Waals surface area contributed by atoms with Crippen LogP contribution in [-0.2, 0) is 17.3 Å². The van der Waals surface area contributed by atoms with Crippen LogP contribution in [0, 0.1) is 10.1 Å². The second-order valence-electron chi connectivity index (χ2n) is 4.72. The molecule has 1 saturated heterocycles. The summed E-state index contributed by atoms with van der Waals surface area (Å²) in [5.41, 5.74) is 1.64. The summed E-state index contributed by atoms with van der Waals surface area (Å²) in [4.78, 5) is 12.9. The molecular weight excluding hydrogens is 278 g/mol. The van der Waals surface area contributed by atoms with Crippen LogP contribution in [0.1, 0.15) is 12.5 Å². The van der Waals surface area contributed by atoms with Crippen LogP contribution >= 0.6 is 0 Å². The van der Waals surface area contributed by atoms with Crippen molar-refractivity contribution in [3.05, 3.63) is 33.9 Å². The maximum absolute atomic E-state index is 11.4. The summed E-state index contributed by atoms with van der Waals surface area (Å²) in [6, 6.07) is 5.15. The first-order valence-electron chi connectivity index (χ1n) is 6.69. The predicted octanol–water partition coefficient (Wildman–Crippen LogP) is 1.59. The van der Waals surface area contributed by atoms with Gasteiger partial charge in [0.25, 0.3) is 5.69 Å². The van der Waals surface area contributed by atoms with E-state index in [1.165, 1.54) is 6.07 Å². The average Bonchev–Trinajstić information content (AvgIpc) is 2.43. The number of benzene rings is 1. The molecule has 1 heterocycles. The van der Waals surface area contributed by atoms with Gasteiger partial charge in [-0.1, -0.05) is 12.1 Å². The summed E-state index contributed by atoms with van der Waals surface area (Å²) in [7, 11) is -0.705. The maximum Gasteiger partial charge on any atom is 0.292 e. The summed E-state index contributed by atoms with van der Waals surface area (Å²) < 4.78 is 11.4. The van der Waals surface area contributed by atoms with E-state index in [4.69, 9.17) is 0 Å². The third-order valence-electron chi connectivity index (χ3n) is 3.34. The molecule has 0 amide bonds. The van der Waals surface area contributed by atoms with E-state index in [-0.39, 0.29) is 10.6 Å². The Morgan fingerprint density at radius 2 is 2.10 bits per heavy atom. The number of rotatable bonds is 5. The summed E-state index contributed by atoms with van der Waals surface area (Å²) in [6.45, 7) is 4.77. The molecule has 0 saturated carbocycles. The van der Waals surface area contributed by atoms with Crippen molar-refractivity contribution in [1.29, 1.82) is 0 Å². The first-order valence-corrected chi connectivity index (χ1v) is 8.18. The summed E-state index contributed by atoms with van der Waals surface area (Å²) in [5.74, 6) is 1.37. The van der Waals surface area contributed by atoms with Crippen molar-refractivity contribution < 1.29 is 9.13 Å². The van der Waals surface area contributed by atoms with Gasteiger partial charge in [-0.25, -0.2) is 0 Å². The Morgan fingerprint density at radius 1 is 1.40 bits per heavy atom. The number of hydrogen-bond acceptors (Lipinski definition) is 5. The van der Waals surface area contributed by atoms with Gasteiger partial charge in [0, 0.05) is 54.6 Å². The monoisotopic (exact) mass is 297 g/mol. The molecule has 0 aliphatic carbocycles. The van der Waals surface area contributed by atoms with Gasteiger partial charge in [0.1, 0.15) is 5.69 Å². The standard InChI is InChI=1S/C13H19N3O3S/c1-2-14-13-11(4-3-5-12(13)16(17)18)10-15-6-8-20(19)9-7-15/h3-5,14H,2,6-10H2,1H3. The molecule has 1 N–H and O–H groups in total. The molecule has 0 aromatic heterocycles.